The van der Waals surface area contributed by atoms with Gasteiger partial charge in [-0.15, -0.1) is 11.3 Å². The summed E-state index contributed by atoms with van der Waals surface area (Å²) in [5.41, 5.74) is 6.38. The molecule has 0 aliphatic carbocycles. The van der Waals surface area contributed by atoms with Gasteiger partial charge in [0.15, 0.2) is 0 Å². The fraction of sp³-hybridized carbons (Fsp3) is 0.733. The van der Waals surface area contributed by atoms with Crippen LogP contribution < -0.4 is 5.73 Å². The number of nitrogens with zero attached hydrogens (tertiary/aromatic N) is 1. The molecular weight excluding hydrogens is 292 g/mol. The predicted molar refractivity (Wildman–Crippen MR) is 86.3 cm³/mol. The Labute approximate surface area is 130 Å². The summed E-state index contributed by atoms with van der Waals surface area (Å²) in [6, 6.07) is 4.48. The monoisotopic (exact) mass is 316 g/mol. The zero-order chi connectivity index (χ0) is 14.5. The summed E-state index contributed by atoms with van der Waals surface area (Å²) in [5, 5.41) is 9.16. The molecule has 0 saturated carbocycles. The largest absolute Gasteiger partial charge is 0.396 e. The maximum Gasteiger partial charge on any atom is 0.0931 e. The van der Waals surface area contributed by atoms with E-state index in [-0.39, 0.29) is 18.7 Å². The van der Waals surface area contributed by atoms with Gasteiger partial charge in [0.05, 0.1) is 10.4 Å². The molecule has 3 N–H and O–H groups in total. The number of hydrogen-bond donors (Lipinski definition) is 2. The maximum absolute atomic E-state index is 9.16. The molecule has 1 fully saturated rings. The van der Waals surface area contributed by atoms with Gasteiger partial charge in [0, 0.05) is 24.1 Å². The van der Waals surface area contributed by atoms with Gasteiger partial charge in [-0.25, -0.2) is 0 Å². The van der Waals surface area contributed by atoms with Gasteiger partial charge in [0.25, 0.3) is 0 Å². The molecule has 3 unspecified atom stereocenters. The molecule has 5 heteroatoms. The minimum Gasteiger partial charge on any atom is -0.396 e. The molecule has 0 bridgehead atoms. The first-order valence-electron chi connectivity index (χ1n) is 7.51. The van der Waals surface area contributed by atoms with Crippen LogP contribution in [0.2, 0.25) is 4.34 Å². The standard InChI is InChI=1S/C15H25ClN2OS/c1-2-12(17)15(13-5-6-14(16)20-13)18-8-3-4-11(10-18)7-9-19/h5-6,11-12,15,19H,2-4,7-10,17H2,1H3. The predicted octanol–water partition coefficient (Wildman–Crippen LogP) is 3.27. The zero-order valence-electron chi connectivity index (χ0n) is 12.1. The van der Waals surface area contributed by atoms with Crippen molar-refractivity contribution in [3.05, 3.63) is 21.3 Å². The molecule has 3 nitrogen and oxygen atoms in total. The topological polar surface area (TPSA) is 49.5 Å². The van der Waals surface area contributed by atoms with E-state index in [9.17, 15) is 0 Å². The molecule has 2 rings (SSSR count). The van der Waals surface area contributed by atoms with Crippen molar-refractivity contribution in [1.82, 2.24) is 4.90 Å². The fourth-order valence-electron chi connectivity index (χ4n) is 3.14. The summed E-state index contributed by atoms with van der Waals surface area (Å²) in [4.78, 5) is 3.77. The van der Waals surface area contributed by atoms with E-state index >= 15 is 0 Å². The molecule has 114 valence electrons. The van der Waals surface area contributed by atoms with Crippen molar-refractivity contribution in [2.75, 3.05) is 19.7 Å². The molecule has 1 aliphatic heterocycles. The van der Waals surface area contributed by atoms with E-state index in [0.29, 0.717) is 5.92 Å². The van der Waals surface area contributed by atoms with Crippen LogP contribution >= 0.6 is 22.9 Å². The first-order chi connectivity index (χ1) is 9.65. The Morgan fingerprint density at radius 3 is 2.95 bits per heavy atom. The van der Waals surface area contributed by atoms with E-state index in [4.69, 9.17) is 22.4 Å². The summed E-state index contributed by atoms with van der Waals surface area (Å²) >= 11 is 7.74. The average molecular weight is 317 g/mol. The Bertz CT molecular complexity index is 410. The number of nitrogens with two attached hydrogens (primary N) is 1. The lowest BCUT2D eigenvalue weighted by Crippen LogP contribution is -2.45. The highest BCUT2D eigenvalue weighted by Gasteiger charge is 2.30. The summed E-state index contributed by atoms with van der Waals surface area (Å²) in [7, 11) is 0. The van der Waals surface area contributed by atoms with Gasteiger partial charge in [-0.2, -0.15) is 0 Å². The van der Waals surface area contributed by atoms with Crippen LogP contribution in [0, 0.1) is 5.92 Å². The highest BCUT2D eigenvalue weighted by molar-refractivity contribution is 7.16. The van der Waals surface area contributed by atoms with Crippen molar-refractivity contribution in [1.29, 1.82) is 0 Å². The molecule has 1 saturated heterocycles. The lowest BCUT2D eigenvalue weighted by Gasteiger charge is -2.40. The number of aliphatic hydroxyl groups is 1. The Balaban J connectivity index is 2.14. The second-order valence-corrected chi connectivity index (χ2v) is 7.42. The summed E-state index contributed by atoms with van der Waals surface area (Å²) in [6.45, 7) is 4.56. The molecule has 1 aromatic rings. The highest BCUT2D eigenvalue weighted by atomic mass is 35.5. The lowest BCUT2D eigenvalue weighted by molar-refractivity contribution is 0.0947. The summed E-state index contributed by atoms with van der Waals surface area (Å²) in [6.07, 6.45) is 4.27. The number of thiophene rings is 1. The number of aliphatic hydroxyl groups excluding tert-OH is 1. The third-order valence-electron chi connectivity index (χ3n) is 4.24. The SMILES string of the molecule is CCC(N)C(c1ccc(Cl)s1)N1CCCC(CCO)C1. The van der Waals surface area contributed by atoms with E-state index in [2.05, 4.69) is 17.9 Å². The number of piperidine rings is 1. The van der Waals surface area contributed by atoms with Crippen LogP contribution in [0.4, 0.5) is 0 Å². The van der Waals surface area contributed by atoms with Gasteiger partial charge >= 0.3 is 0 Å². The normalized spacial score (nSPS) is 23.7. The average Bonchev–Trinajstić information content (AvgIpc) is 2.86. The van der Waals surface area contributed by atoms with Gasteiger partial charge in [0.2, 0.25) is 0 Å². The molecule has 0 radical (unpaired) electrons. The molecule has 1 aliphatic rings. The van der Waals surface area contributed by atoms with Gasteiger partial charge in [-0.3, -0.25) is 4.90 Å². The van der Waals surface area contributed by atoms with Gasteiger partial charge in [-0.1, -0.05) is 18.5 Å². The minimum absolute atomic E-state index is 0.137. The maximum atomic E-state index is 9.16. The fourth-order valence-corrected chi connectivity index (χ4v) is 4.41. The van der Waals surface area contributed by atoms with E-state index in [1.807, 2.05) is 6.07 Å². The smallest absolute Gasteiger partial charge is 0.0931 e. The second kappa shape index (κ2) is 7.76. The van der Waals surface area contributed by atoms with Crippen molar-refractivity contribution in [3.8, 4) is 0 Å². The van der Waals surface area contributed by atoms with Gasteiger partial charge < -0.3 is 10.8 Å². The van der Waals surface area contributed by atoms with E-state index in [0.717, 1.165) is 30.3 Å². The number of rotatable bonds is 6. The molecule has 2 heterocycles. The first kappa shape index (κ1) is 16.2. The Hall–Kier alpha value is -0.130. The highest BCUT2D eigenvalue weighted by Crippen LogP contribution is 2.35. The molecular formula is C15H25ClN2OS. The van der Waals surface area contributed by atoms with Crippen LogP contribution in [0.15, 0.2) is 12.1 Å². The van der Waals surface area contributed by atoms with Crippen LogP contribution in [-0.4, -0.2) is 35.7 Å². The third kappa shape index (κ3) is 3.95. The second-order valence-electron chi connectivity index (χ2n) is 5.67. The Morgan fingerprint density at radius 1 is 1.55 bits per heavy atom. The zero-order valence-corrected chi connectivity index (χ0v) is 13.7. The molecule has 1 aromatic heterocycles. The summed E-state index contributed by atoms with van der Waals surface area (Å²) in [5.74, 6) is 0.593. The lowest BCUT2D eigenvalue weighted by atomic mass is 9.92. The van der Waals surface area contributed by atoms with Crippen LogP contribution in [0.1, 0.15) is 43.5 Å². The van der Waals surface area contributed by atoms with E-state index < -0.39 is 0 Å². The van der Waals surface area contributed by atoms with Crippen molar-refractivity contribution < 1.29 is 5.11 Å². The van der Waals surface area contributed by atoms with Crippen LogP contribution in [0.25, 0.3) is 0 Å². The molecule has 3 atom stereocenters. The molecule has 0 spiro atoms. The molecule has 0 aromatic carbocycles. The van der Waals surface area contributed by atoms with Gasteiger partial charge in [-0.05, 0) is 50.3 Å². The summed E-state index contributed by atoms with van der Waals surface area (Å²) < 4.78 is 0.831. The van der Waals surface area contributed by atoms with Crippen molar-refractivity contribution >= 4 is 22.9 Å². The number of halogens is 1. The first-order valence-corrected chi connectivity index (χ1v) is 8.70. The van der Waals surface area contributed by atoms with Crippen LogP contribution in [-0.2, 0) is 0 Å². The van der Waals surface area contributed by atoms with Crippen LogP contribution in [0.3, 0.4) is 0 Å². The van der Waals surface area contributed by atoms with Gasteiger partial charge in [0.1, 0.15) is 0 Å². The third-order valence-corrected chi connectivity index (χ3v) is 5.55. The Kier molecular flexibility index (Phi) is 6.30. The van der Waals surface area contributed by atoms with E-state index in [1.54, 1.807) is 11.3 Å². The quantitative estimate of drug-likeness (QED) is 0.847. The van der Waals surface area contributed by atoms with E-state index in [1.165, 1.54) is 17.7 Å². The molecule has 0 amide bonds. The number of likely N-dealkylation sites (tertiary alicyclic amines) is 1. The minimum atomic E-state index is 0.137. The van der Waals surface area contributed by atoms with Crippen LogP contribution in [0.5, 0.6) is 0 Å². The van der Waals surface area contributed by atoms with Crippen molar-refractivity contribution in [3.63, 3.8) is 0 Å². The van der Waals surface area contributed by atoms with Crippen molar-refractivity contribution in [2.45, 2.75) is 44.7 Å². The molecule has 20 heavy (non-hydrogen) atoms. The Morgan fingerprint density at radius 2 is 2.35 bits per heavy atom. The number of hydrogen-bond acceptors (Lipinski definition) is 4. The van der Waals surface area contributed by atoms with Crippen molar-refractivity contribution in [2.24, 2.45) is 11.7 Å².